The Morgan fingerprint density at radius 3 is 2.62 bits per heavy atom. The smallest absolute Gasteiger partial charge is 0.305 e. The minimum Gasteiger partial charge on any atom is -0.486 e. The molecular weight excluding hydrogens is 294 g/mol. The molecule has 1 atom stereocenters. The first-order valence-corrected chi connectivity index (χ1v) is 7.49. The van der Waals surface area contributed by atoms with Gasteiger partial charge in [0.1, 0.15) is 13.2 Å². The molecule has 0 spiro atoms. The summed E-state index contributed by atoms with van der Waals surface area (Å²) in [6.07, 6.45) is 0.0254. The molecule has 0 saturated carbocycles. The van der Waals surface area contributed by atoms with Crippen molar-refractivity contribution in [2.24, 2.45) is 0 Å². The normalized spacial score (nSPS) is 15.0. The first-order chi connectivity index (χ1) is 10.1. The van der Waals surface area contributed by atoms with E-state index < -0.39 is 5.97 Å². The SMILES string of the molecule is CCN(CC)C(CC(=O)O)c1cc(Cl)c2c(c1)OCCO2. The molecule has 1 aromatic carbocycles. The average molecular weight is 314 g/mol. The van der Waals surface area contributed by atoms with Crippen molar-refractivity contribution in [3.8, 4) is 11.5 Å². The molecular formula is C15H20ClNO4. The lowest BCUT2D eigenvalue weighted by molar-refractivity contribution is -0.138. The van der Waals surface area contributed by atoms with E-state index >= 15 is 0 Å². The highest BCUT2D eigenvalue weighted by atomic mass is 35.5. The van der Waals surface area contributed by atoms with Gasteiger partial charge in [-0.3, -0.25) is 9.69 Å². The number of carbonyl (C=O) groups is 1. The number of fused-ring (bicyclic) bond motifs is 1. The molecule has 5 nitrogen and oxygen atoms in total. The van der Waals surface area contributed by atoms with Gasteiger partial charge in [0.2, 0.25) is 0 Å². The Bertz CT molecular complexity index is 517. The van der Waals surface area contributed by atoms with Crippen molar-refractivity contribution < 1.29 is 19.4 Å². The zero-order chi connectivity index (χ0) is 15.4. The minimum atomic E-state index is -0.835. The summed E-state index contributed by atoms with van der Waals surface area (Å²) in [7, 11) is 0. The number of hydrogen-bond acceptors (Lipinski definition) is 4. The molecule has 1 aliphatic heterocycles. The number of carboxylic acid groups (broad SMARTS) is 1. The largest absolute Gasteiger partial charge is 0.486 e. The summed E-state index contributed by atoms with van der Waals surface area (Å²) < 4.78 is 11.1. The van der Waals surface area contributed by atoms with Crippen LogP contribution in [0, 0.1) is 0 Å². The molecule has 0 aromatic heterocycles. The van der Waals surface area contributed by atoms with Crippen LogP contribution in [0.1, 0.15) is 31.9 Å². The molecule has 0 radical (unpaired) electrons. The summed E-state index contributed by atoms with van der Waals surface area (Å²) in [6, 6.07) is 3.39. The van der Waals surface area contributed by atoms with E-state index in [1.54, 1.807) is 6.07 Å². The predicted molar refractivity (Wildman–Crippen MR) is 80.4 cm³/mol. The van der Waals surface area contributed by atoms with Crippen LogP contribution >= 0.6 is 11.6 Å². The third-order valence-corrected chi connectivity index (χ3v) is 3.91. The number of hydrogen-bond donors (Lipinski definition) is 1. The van der Waals surface area contributed by atoms with E-state index in [0.29, 0.717) is 29.7 Å². The Labute approximate surface area is 129 Å². The van der Waals surface area contributed by atoms with Crippen LogP contribution in [0.25, 0.3) is 0 Å². The number of rotatable bonds is 6. The Kier molecular flexibility index (Phi) is 5.31. The number of carboxylic acids is 1. The summed E-state index contributed by atoms with van der Waals surface area (Å²) in [5, 5.41) is 9.64. The van der Waals surface area contributed by atoms with Crippen LogP contribution in [0.2, 0.25) is 5.02 Å². The molecule has 0 aliphatic carbocycles. The topological polar surface area (TPSA) is 59.0 Å². The van der Waals surface area contributed by atoms with E-state index in [0.717, 1.165) is 18.7 Å². The molecule has 1 aromatic rings. The molecule has 116 valence electrons. The summed E-state index contributed by atoms with van der Waals surface area (Å²) in [5.74, 6) is 0.296. The van der Waals surface area contributed by atoms with Gasteiger partial charge in [-0.05, 0) is 30.8 Å². The van der Waals surface area contributed by atoms with E-state index in [2.05, 4.69) is 4.90 Å². The molecule has 1 aliphatic rings. The van der Waals surface area contributed by atoms with E-state index in [9.17, 15) is 9.90 Å². The van der Waals surface area contributed by atoms with Gasteiger partial charge in [0.05, 0.1) is 11.4 Å². The highest BCUT2D eigenvalue weighted by Crippen LogP contribution is 2.41. The molecule has 0 bridgehead atoms. The zero-order valence-corrected chi connectivity index (χ0v) is 13.0. The number of halogens is 1. The molecule has 0 amide bonds. The van der Waals surface area contributed by atoms with Crippen LogP contribution < -0.4 is 9.47 Å². The highest BCUT2D eigenvalue weighted by Gasteiger charge is 2.25. The van der Waals surface area contributed by atoms with E-state index in [4.69, 9.17) is 21.1 Å². The van der Waals surface area contributed by atoms with Gasteiger partial charge in [0.15, 0.2) is 11.5 Å². The fourth-order valence-electron chi connectivity index (χ4n) is 2.61. The van der Waals surface area contributed by atoms with Gasteiger partial charge < -0.3 is 14.6 Å². The Morgan fingerprint density at radius 2 is 2.00 bits per heavy atom. The maximum absolute atomic E-state index is 11.2. The van der Waals surface area contributed by atoms with Crippen LogP contribution in [0.3, 0.4) is 0 Å². The van der Waals surface area contributed by atoms with Gasteiger partial charge in [0.25, 0.3) is 0 Å². The van der Waals surface area contributed by atoms with Gasteiger partial charge in [-0.1, -0.05) is 25.4 Å². The third-order valence-electron chi connectivity index (χ3n) is 3.63. The first-order valence-electron chi connectivity index (χ1n) is 7.11. The Hall–Kier alpha value is -1.46. The zero-order valence-electron chi connectivity index (χ0n) is 12.3. The van der Waals surface area contributed by atoms with Crippen LogP contribution in [0.4, 0.5) is 0 Å². The third kappa shape index (κ3) is 3.60. The second-order valence-electron chi connectivity index (χ2n) is 4.86. The van der Waals surface area contributed by atoms with Gasteiger partial charge in [0, 0.05) is 6.04 Å². The van der Waals surface area contributed by atoms with Crippen LogP contribution in [-0.4, -0.2) is 42.3 Å². The summed E-state index contributed by atoms with van der Waals surface area (Å²) >= 11 is 6.25. The van der Waals surface area contributed by atoms with Crippen molar-refractivity contribution in [3.63, 3.8) is 0 Å². The maximum atomic E-state index is 11.2. The number of benzene rings is 1. The van der Waals surface area contributed by atoms with Crippen molar-refractivity contribution in [1.82, 2.24) is 4.90 Å². The summed E-state index contributed by atoms with van der Waals surface area (Å²) in [4.78, 5) is 13.3. The molecule has 1 unspecified atom stereocenters. The summed E-state index contributed by atoms with van der Waals surface area (Å²) in [6.45, 7) is 6.50. The molecule has 0 saturated heterocycles. The van der Waals surface area contributed by atoms with Crippen molar-refractivity contribution in [2.75, 3.05) is 26.3 Å². The van der Waals surface area contributed by atoms with Gasteiger partial charge in [-0.2, -0.15) is 0 Å². The second-order valence-corrected chi connectivity index (χ2v) is 5.27. The minimum absolute atomic E-state index is 0.0254. The first kappa shape index (κ1) is 15.9. The quantitative estimate of drug-likeness (QED) is 0.875. The van der Waals surface area contributed by atoms with E-state index in [1.165, 1.54) is 0 Å². The maximum Gasteiger partial charge on any atom is 0.305 e. The van der Waals surface area contributed by atoms with Crippen molar-refractivity contribution >= 4 is 17.6 Å². The van der Waals surface area contributed by atoms with Crippen molar-refractivity contribution in [2.45, 2.75) is 26.3 Å². The molecule has 1 N–H and O–H groups in total. The summed E-state index contributed by atoms with van der Waals surface area (Å²) in [5.41, 5.74) is 0.843. The van der Waals surface area contributed by atoms with Crippen LogP contribution in [-0.2, 0) is 4.79 Å². The Morgan fingerprint density at radius 1 is 1.33 bits per heavy atom. The molecule has 0 fully saturated rings. The fraction of sp³-hybridized carbons (Fsp3) is 0.533. The molecule has 1 heterocycles. The average Bonchev–Trinajstić information content (AvgIpc) is 2.47. The molecule has 21 heavy (non-hydrogen) atoms. The number of nitrogens with zero attached hydrogens (tertiary/aromatic N) is 1. The lowest BCUT2D eigenvalue weighted by Crippen LogP contribution is -2.30. The van der Waals surface area contributed by atoms with Gasteiger partial charge in [-0.15, -0.1) is 0 Å². The van der Waals surface area contributed by atoms with Gasteiger partial charge in [-0.25, -0.2) is 0 Å². The highest BCUT2D eigenvalue weighted by molar-refractivity contribution is 6.32. The molecule has 6 heteroatoms. The molecule has 2 rings (SSSR count). The van der Waals surface area contributed by atoms with Crippen LogP contribution in [0.5, 0.6) is 11.5 Å². The monoisotopic (exact) mass is 313 g/mol. The van der Waals surface area contributed by atoms with E-state index in [1.807, 2.05) is 19.9 Å². The predicted octanol–water partition coefficient (Wildman–Crippen LogP) is 2.97. The second kappa shape index (κ2) is 7.00. The van der Waals surface area contributed by atoms with Crippen LogP contribution in [0.15, 0.2) is 12.1 Å². The Balaban J connectivity index is 2.39. The lowest BCUT2D eigenvalue weighted by atomic mass is 10.0. The van der Waals surface area contributed by atoms with Crippen molar-refractivity contribution in [3.05, 3.63) is 22.7 Å². The fourth-order valence-corrected chi connectivity index (χ4v) is 2.88. The van der Waals surface area contributed by atoms with Crippen molar-refractivity contribution in [1.29, 1.82) is 0 Å². The van der Waals surface area contributed by atoms with Gasteiger partial charge >= 0.3 is 5.97 Å². The van der Waals surface area contributed by atoms with E-state index in [-0.39, 0.29) is 12.5 Å². The standard InChI is InChI=1S/C15H20ClNO4/c1-3-17(4-2)12(9-14(18)19)10-7-11(16)15-13(8-10)20-5-6-21-15/h7-8,12H,3-6,9H2,1-2H3,(H,18,19). The lowest BCUT2D eigenvalue weighted by Gasteiger charge is -2.30. The number of aliphatic carboxylic acids is 1. The number of ether oxygens (including phenoxy) is 2.